The van der Waals surface area contributed by atoms with Gasteiger partial charge in [0.05, 0.1) is 5.02 Å². The van der Waals surface area contributed by atoms with E-state index in [9.17, 15) is 4.79 Å². The summed E-state index contributed by atoms with van der Waals surface area (Å²) in [6, 6.07) is 3.28. The summed E-state index contributed by atoms with van der Waals surface area (Å²) < 4.78 is 0. The smallest absolute Gasteiger partial charge is 0.151 e. The maximum atomic E-state index is 10.5. The van der Waals surface area contributed by atoms with Gasteiger partial charge in [-0.3, -0.25) is 4.79 Å². The van der Waals surface area contributed by atoms with Gasteiger partial charge in [-0.15, -0.1) is 0 Å². The van der Waals surface area contributed by atoms with Gasteiger partial charge in [-0.1, -0.05) is 23.2 Å². The van der Waals surface area contributed by atoms with Crippen molar-refractivity contribution in [1.82, 2.24) is 0 Å². The zero-order valence-corrected chi connectivity index (χ0v) is 7.41. The summed E-state index contributed by atoms with van der Waals surface area (Å²) in [7, 11) is 0. The Hall–Kier alpha value is -0.530. The van der Waals surface area contributed by atoms with Crippen molar-refractivity contribution in [2.45, 2.75) is 6.92 Å². The SMILES string of the molecule is Cc1c(Cl)ccc(Cl)c1C=O. The number of rotatable bonds is 1. The van der Waals surface area contributed by atoms with Gasteiger partial charge in [0.15, 0.2) is 6.29 Å². The summed E-state index contributed by atoms with van der Waals surface area (Å²) in [5, 5.41) is 1.01. The van der Waals surface area contributed by atoms with Crippen molar-refractivity contribution in [3.63, 3.8) is 0 Å². The average molecular weight is 189 g/mol. The summed E-state index contributed by atoms with van der Waals surface area (Å²) in [5.74, 6) is 0. The van der Waals surface area contributed by atoms with Crippen LogP contribution in [0, 0.1) is 6.92 Å². The molecule has 1 aromatic carbocycles. The van der Waals surface area contributed by atoms with Crippen LogP contribution in [0.15, 0.2) is 12.1 Å². The Kier molecular flexibility index (Phi) is 2.53. The Morgan fingerprint density at radius 3 is 2.27 bits per heavy atom. The topological polar surface area (TPSA) is 17.1 Å². The normalized spacial score (nSPS) is 9.73. The van der Waals surface area contributed by atoms with E-state index in [4.69, 9.17) is 23.2 Å². The zero-order valence-electron chi connectivity index (χ0n) is 5.90. The molecule has 0 fully saturated rings. The Labute approximate surface area is 74.9 Å². The molecule has 0 aliphatic carbocycles. The number of carbonyl (C=O) groups is 1. The van der Waals surface area contributed by atoms with E-state index < -0.39 is 0 Å². The number of hydrogen-bond acceptors (Lipinski definition) is 1. The van der Waals surface area contributed by atoms with Crippen LogP contribution in [0.5, 0.6) is 0 Å². The van der Waals surface area contributed by atoms with Crippen LogP contribution in [0.25, 0.3) is 0 Å². The minimum atomic E-state index is 0.446. The van der Waals surface area contributed by atoms with Gasteiger partial charge in [-0.25, -0.2) is 0 Å². The number of benzene rings is 1. The highest BCUT2D eigenvalue weighted by Crippen LogP contribution is 2.24. The summed E-state index contributed by atoms with van der Waals surface area (Å²) in [6.45, 7) is 1.76. The Morgan fingerprint density at radius 2 is 1.82 bits per heavy atom. The maximum Gasteiger partial charge on any atom is 0.151 e. The fraction of sp³-hybridized carbons (Fsp3) is 0.125. The summed E-state index contributed by atoms with van der Waals surface area (Å²) >= 11 is 11.5. The number of hydrogen-bond donors (Lipinski definition) is 0. The molecule has 1 rings (SSSR count). The number of halogens is 2. The Bertz CT molecular complexity index is 294. The van der Waals surface area contributed by atoms with E-state index in [1.165, 1.54) is 0 Å². The zero-order chi connectivity index (χ0) is 8.43. The molecule has 0 bridgehead atoms. The van der Waals surface area contributed by atoms with Crippen LogP contribution in [0.1, 0.15) is 15.9 Å². The molecule has 0 saturated heterocycles. The van der Waals surface area contributed by atoms with Crippen LogP contribution in [0.2, 0.25) is 10.0 Å². The lowest BCUT2D eigenvalue weighted by atomic mass is 10.1. The molecule has 58 valence electrons. The molecule has 0 unspecified atom stereocenters. The number of carbonyl (C=O) groups excluding carboxylic acids is 1. The van der Waals surface area contributed by atoms with E-state index >= 15 is 0 Å². The first-order valence-corrected chi connectivity index (χ1v) is 3.82. The van der Waals surface area contributed by atoms with Crippen molar-refractivity contribution < 1.29 is 4.79 Å². The summed E-state index contributed by atoms with van der Waals surface area (Å²) in [5.41, 5.74) is 1.20. The third-order valence-corrected chi connectivity index (χ3v) is 2.25. The lowest BCUT2D eigenvalue weighted by Crippen LogP contribution is -1.88. The van der Waals surface area contributed by atoms with Crippen molar-refractivity contribution in [2.24, 2.45) is 0 Å². The van der Waals surface area contributed by atoms with Gasteiger partial charge in [-0.2, -0.15) is 0 Å². The van der Waals surface area contributed by atoms with Gasteiger partial charge in [0.2, 0.25) is 0 Å². The molecule has 0 aromatic heterocycles. The first-order chi connectivity index (χ1) is 5.16. The van der Waals surface area contributed by atoms with Gasteiger partial charge in [-0.05, 0) is 24.6 Å². The van der Waals surface area contributed by atoms with Crippen molar-refractivity contribution in [2.75, 3.05) is 0 Å². The molecule has 1 aromatic rings. The van der Waals surface area contributed by atoms with E-state index in [1.54, 1.807) is 19.1 Å². The third-order valence-electron chi connectivity index (χ3n) is 1.51. The van der Waals surface area contributed by atoms with Gasteiger partial charge in [0.25, 0.3) is 0 Å². The molecular formula is C8H6Cl2O. The number of aldehydes is 1. The van der Waals surface area contributed by atoms with Crippen LogP contribution in [-0.4, -0.2) is 6.29 Å². The average Bonchev–Trinajstić information content (AvgIpc) is 1.99. The first kappa shape index (κ1) is 8.57. The molecule has 0 atom stereocenters. The molecule has 0 amide bonds. The highest BCUT2D eigenvalue weighted by atomic mass is 35.5. The molecule has 0 radical (unpaired) electrons. The van der Waals surface area contributed by atoms with E-state index in [0.29, 0.717) is 21.9 Å². The molecule has 11 heavy (non-hydrogen) atoms. The molecule has 0 N–H and O–H groups in total. The van der Waals surface area contributed by atoms with Crippen LogP contribution in [-0.2, 0) is 0 Å². The van der Waals surface area contributed by atoms with Crippen LogP contribution in [0.4, 0.5) is 0 Å². The van der Waals surface area contributed by atoms with Gasteiger partial charge >= 0.3 is 0 Å². The summed E-state index contributed by atoms with van der Waals surface area (Å²) in [4.78, 5) is 10.5. The van der Waals surface area contributed by atoms with Gasteiger partial charge in [0.1, 0.15) is 0 Å². The first-order valence-electron chi connectivity index (χ1n) is 3.06. The maximum absolute atomic E-state index is 10.5. The minimum Gasteiger partial charge on any atom is -0.298 e. The van der Waals surface area contributed by atoms with Crippen molar-refractivity contribution in [3.8, 4) is 0 Å². The quantitative estimate of drug-likeness (QED) is 0.620. The molecule has 0 saturated carbocycles. The van der Waals surface area contributed by atoms with E-state index in [-0.39, 0.29) is 0 Å². The highest BCUT2D eigenvalue weighted by molar-refractivity contribution is 6.35. The monoisotopic (exact) mass is 188 g/mol. The molecule has 0 aliphatic rings. The third kappa shape index (κ3) is 1.55. The molecule has 0 aliphatic heterocycles. The van der Waals surface area contributed by atoms with Crippen molar-refractivity contribution in [3.05, 3.63) is 33.3 Å². The van der Waals surface area contributed by atoms with Crippen LogP contribution >= 0.6 is 23.2 Å². The Morgan fingerprint density at radius 1 is 1.27 bits per heavy atom. The molecule has 0 spiro atoms. The molecule has 1 nitrogen and oxygen atoms in total. The summed E-state index contributed by atoms with van der Waals surface area (Å²) in [6.07, 6.45) is 0.712. The predicted molar refractivity (Wildman–Crippen MR) is 46.6 cm³/mol. The van der Waals surface area contributed by atoms with E-state index in [1.807, 2.05) is 0 Å². The lowest BCUT2D eigenvalue weighted by molar-refractivity contribution is 0.112. The van der Waals surface area contributed by atoms with Crippen molar-refractivity contribution >= 4 is 29.5 Å². The highest BCUT2D eigenvalue weighted by Gasteiger charge is 2.05. The lowest BCUT2D eigenvalue weighted by Gasteiger charge is -2.01. The van der Waals surface area contributed by atoms with E-state index in [0.717, 1.165) is 5.56 Å². The van der Waals surface area contributed by atoms with Crippen LogP contribution in [0.3, 0.4) is 0 Å². The van der Waals surface area contributed by atoms with Gasteiger partial charge < -0.3 is 0 Å². The molecule has 3 heteroatoms. The van der Waals surface area contributed by atoms with E-state index in [2.05, 4.69) is 0 Å². The van der Waals surface area contributed by atoms with Crippen LogP contribution < -0.4 is 0 Å². The predicted octanol–water partition coefficient (Wildman–Crippen LogP) is 3.11. The second-order valence-corrected chi connectivity index (χ2v) is 3.00. The Balaban J connectivity index is 3.40. The second kappa shape index (κ2) is 3.24. The fourth-order valence-electron chi connectivity index (χ4n) is 0.814. The molecular weight excluding hydrogens is 183 g/mol. The largest absolute Gasteiger partial charge is 0.298 e. The fourth-order valence-corrected chi connectivity index (χ4v) is 1.23. The van der Waals surface area contributed by atoms with Crippen molar-refractivity contribution in [1.29, 1.82) is 0 Å². The minimum absolute atomic E-state index is 0.446. The van der Waals surface area contributed by atoms with Gasteiger partial charge in [0, 0.05) is 10.6 Å². The standard InChI is InChI=1S/C8H6Cl2O/c1-5-6(4-11)8(10)3-2-7(5)9/h2-4H,1H3. The second-order valence-electron chi connectivity index (χ2n) is 2.19. The molecule has 0 heterocycles.